The molecule has 21 heavy (non-hydrogen) atoms. The van der Waals surface area contributed by atoms with E-state index in [1.165, 1.54) is 21.2 Å². The van der Waals surface area contributed by atoms with Gasteiger partial charge in [0.05, 0.1) is 0 Å². The standard InChI is InChI=1S/C18H19NOS/c20-11-10-17(14-6-2-1-3-7-14)19-12-15-13-21-18-9-5-4-8-16(15)18/h1-9,13,17,19-20H,10-12H2/t17-/m1/s1. The van der Waals surface area contributed by atoms with E-state index in [0.29, 0.717) is 0 Å². The van der Waals surface area contributed by atoms with Crippen LogP contribution in [0.5, 0.6) is 0 Å². The van der Waals surface area contributed by atoms with E-state index in [4.69, 9.17) is 0 Å². The highest BCUT2D eigenvalue weighted by Gasteiger charge is 2.11. The molecule has 3 aromatic rings. The first-order chi connectivity index (χ1) is 10.4. The molecular formula is C18H19NOS. The highest BCUT2D eigenvalue weighted by Crippen LogP contribution is 2.26. The van der Waals surface area contributed by atoms with Crippen molar-refractivity contribution in [2.24, 2.45) is 0 Å². The zero-order valence-corrected chi connectivity index (χ0v) is 12.6. The molecule has 1 aromatic heterocycles. The molecule has 3 heteroatoms. The Labute approximate surface area is 129 Å². The average molecular weight is 297 g/mol. The molecule has 2 N–H and O–H groups in total. The Morgan fingerprint density at radius 3 is 2.57 bits per heavy atom. The summed E-state index contributed by atoms with van der Waals surface area (Å²) >= 11 is 1.79. The molecular weight excluding hydrogens is 278 g/mol. The quantitative estimate of drug-likeness (QED) is 0.717. The Morgan fingerprint density at radius 2 is 1.76 bits per heavy atom. The van der Waals surface area contributed by atoms with Gasteiger partial charge in [-0.05, 0) is 34.4 Å². The van der Waals surface area contributed by atoms with Crippen molar-refractivity contribution in [1.29, 1.82) is 0 Å². The molecule has 0 fully saturated rings. The molecule has 2 aromatic carbocycles. The highest BCUT2D eigenvalue weighted by atomic mass is 32.1. The smallest absolute Gasteiger partial charge is 0.0449 e. The Balaban J connectivity index is 1.75. The molecule has 0 aliphatic heterocycles. The molecule has 1 atom stereocenters. The van der Waals surface area contributed by atoms with Crippen molar-refractivity contribution in [3.05, 3.63) is 71.1 Å². The predicted octanol–water partition coefficient (Wildman–Crippen LogP) is 4.11. The molecule has 0 aliphatic carbocycles. The van der Waals surface area contributed by atoms with Crippen LogP contribution in [-0.2, 0) is 6.54 Å². The van der Waals surface area contributed by atoms with Crippen LogP contribution in [-0.4, -0.2) is 11.7 Å². The third-order valence-corrected chi connectivity index (χ3v) is 4.73. The van der Waals surface area contributed by atoms with Crippen molar-refractivity contribution >= 4 is 21.4 Å². The van der Waals surface area contributed by atoms with Gasteiger partial charge < -0.3 is 10.4 Å². The van der Waals surface area contributed by atoms with Gasteiger partial charge in [-0.1, -0.05) is 48.5 Å². The fraction of sp³-hybridized carbons (Fsp3) is 0.222. The lowest BCUT2D eigenvalue weighted by molar-refractivity contribution is 0.265. The topological polar surface area (TPSA) is 32.3 Å². The number of fused-ring (bicyclic) bond motifs is 1. The molecule has 0 saturated carbocycles. The molecule has 0 saturated heterocycles. The lowest BCUT2D eigenvalue weighted by atomic mass is 10.0. The van der Waals surface area contributed by atoms with Crippen LogP contribution in [0, 0.1) is 0 Å². The fourth-order valence-electron chi connectivity index (χ4n) is 2.60. The first-order valence-electron chi connectivity index (χ1n) is 7.23. The molecule has 0 amide bonds. The third kappa shape index (κ3) is 3.32. The van der Waals surface area contributed by atoms with Gasteiger partial charge in [0.15, 0.2) is 0 Å². The van der Waals surface area contributed by atoms with E-state index >= 15 is 0 Å². The average Bonchev–Trinajstić information content (AvgIpc) is 2.95. The predicted molar refractivity (Wildman–Crippen MR) is 89.6 cm³/mol. The molecule has 0 bridgehead atoms. The minimum absolute atomic E-state index is 0.190. The van der Waals surface area contributed by atoms with Gasteiger partial charge in [0, 0.05) is 23.9 Å². The lowest BCUT2D eigenvalue weighted by Crippen LogP contribution is -2.21. The second kappa shape index (κ2) is 6.85. The van der Waals surface area contributed by atoms with Crippen LogP contribution in [0.2, 0.25) is 0 Å². The molecule has 1 heterocycles. The van der Waals surface area contributed by atoms with Crippen LogP contribution in [0.15, 0.2) is 60.0 Å². The normalized spacial score (nSPS) is 12.6. The second-order valence-corrected chi connectivity index (χ2v) is 6.02. The van der Waals surface area contributed by atoms with Crippen LogP contribution < -0.4 is 5.32 Å². The summed E-state index contributed by atoms with van der Waals surface area (Å²) in [7, 11) is 0. The summed E-state index contributed by atoms with van der Waals surface area (Å²) in [5.41, 5.74) is 2.56. The number of hydrogen-bond acceptors (Lipinski definition) is 3. The Bertz CT molecular complexity index is 693. The summed E-state index contributed by atoms with van der Waals surface area (Å²) < 4.78 is 1.33. The number of rotatable bonds is 6. The number of thiophene rings is 1. The van der Waals surface area contributed by atoms with Gasteiger partial charge in [0.25, 0.3) is 0 Å². The van der Waals surface area contributed by atoms with Crippen LogP contribution in [0.3, 0.4) is 0 Å². The Morgan fingerprint density at radius 1 is 1.00 bits per heavy atom. The molecule has 0 unspecified atom stereocenters. The summed E-state index contributed by atoms with van der Waals surface area (Å²) in [5.74, 6) is 0. The molecule has 0 radical (unpaired) electrons. The van der Waals surface area contributed by atoms with Crippen molar-refractivity contribution in [1.82, 2.24) is 5.32 Å². The van der Waals surface area contributed by atoms with Crippen LogP contribution in [0.4, 0.5) is 0 Å². The zero-order chi connectivity index (χ0) is 14.5. The van der Waals surface area contributed by atoms with E-state index in [2.05, 4.69) is 47.1 Å². The lowest BCUT2D eigenvalue weighted by Gasteiger charge is -2.18. The Kier molecular flexibility index (Phi) is 4.65. The second-order valence-electron chi connectivity index (χ2n) is 5.11. The maximum absolute atomic E-state index is 9.29. The summed E-state index contributed by atoms with van der Waals surface area (Å²) in [4.78, 5) is 0. The third-order valence-electron chi connectivity index (χ3n) is 3.72. The van der Waals surface area contributed by atoms with Crippen molar-refractivity contribution in [3.8, 4) is 0 Å². The van der Waals surface area contributed by atoms with Crippen molar-refractivity contribution in [2.75, 3.05) is 6.61 Å². The fourth-order valence-corrected chi connectivity index (χ4v) is 3.57. The first kappa shape index (κ1) is 14.3. The van der Waals surface area contributed by atoms with Gasteiger partial charge in [0.2, 0.25) is 0 Å². The van der Waals surface area contributed by atoms with E-state index in [-0.39, 0.29) is 12.6 Å². The van der Waals surface area contributed by atoms with E-state index in [1.807, 2.05) is 18.2 Å². The number of nitrogens with one attached hydrogen (secondary N) is 1. The maximum Gasteiger partial charge on any atom is 0.0449 e. The molecule has 0 aliphatic rings. The monoisotopic (exact) mass is 297 g/mol. The van der Waals surface area contributed by atoms with E-state index < -0.39 is 0 Å². The number of aliphatic hydroxyl groups excluding tert-OH is 1. The van der Waals surface area contributed by atoms with Crippen LogP contribution in [0.1, 0.15) is 23.6 Å². The summed E-state index contributed by atoms with van der Waals surface area (Å²) in [6.07, 6.45) is 0.728. The maximum atomic E-state index is 9.29. The minimum atomic E-state index is 0.190. The van der Waals surface area contributed by atoms with Gasteiger partial charge in [-0.25, -0.2) is 0 Å². The molecule has 3 rings (SSSR count). The zero-order valence-electron chi connectivity index (χ0n) is 11.8. The van der Waals surface area contributed by atoms with Gasteiger partial charge in [-0.3, -0.25) is 0 Å². The molecule has 0 spiro atoms. The first-order valence-corrected chi connectivity index (χ1v) is 8.11. The number of benzene rings is 2. The Hall–Kier alpha value is -1.68. The van der Waals surface area contributed by atoms with E-state index in [9.17, 15) is 5.11 Å². The molecule has 108 valence electrons. The van der Waals surface area contributed by atoms with Crippen LogP contribution in [0.25, 0.3) is 10.1 Å². The van der Waals surface area contributed by atoms with E-state index in [1.54, 1.807) is 11.3 Å². The minimum Gasteiger partial charge on any atom is -0.396 e. The summed E-state index contributed by atoms with van der Waals surface area (Å²) in [5, 5.41) is 16.4. The van der Waals surface area contributed by atoms with Gasteiger partial charge >= 0.3 is 0 Å². The van der Waals surface area contributed by atoms with Crippen molar-refractivity contribution in [2.45, 2.75) is 19.0 Å². The van der Waals surface area contributed by atoms with Gasteiger partial charge in [-0.15, -0.1) is 11.3 Å². The van der Waals surface area contributed by atoms with Crippen molar-refractivity contribution < 1.29 is 5.11 Å². The highest BCUT2D eigenvalue weighted by molar-refractivity contribution is 7.17. The largest absolute Gasteiger partial charge is 0.396 e. The summed E-state index contributed by atoms with van der Waals surface area (Å²) in [6.45, 7) is 1.01. The van der Waals surface area contributed by atoms with Crippen molar-refractivity contribution in [3.63, 3.8) is 0 Å². The number of hydrogen-bond donors (Lipinski definition) is 2. The van der Waals surface area contributed by atoms with E-state index in [0.717, 1.165) is 13.0 Å². The van der Waals surface area contributed by atoms with Crippen LogP contribution >= 0.6 is 11.3 Å². The summed E-state index contributed by atoms with van der Waals surface area (Å²) in [6, 6.07) is 19.0. The SMILES string of the molecule is OCC[C@@H](NCc1csc2ccccc12)c1ccccc1. The van der Waals surface area contributed by atoms with Gasteiger partial charge in [-0.2, -0.15) is 0 Å². The number of aliphatic hydroxyl groups is 1. The van der Waals surface area contributed by atoms with Gasteiger partial charge in [0.1, 0.15) is 0 Å². The molecule has 2 nitrogen and oxygen atoms in total.